The van der Waals surface area contributed by atoms with Crippen molar-refractivity contribution < 1.29 is 14.3 Å². The van der Waals surface area contributed by atoms with Crippen molar-refractivity contribution in [1.82, 2.24) is 15.2 Å². The summed E-state index contributed by atoms with van der Waals surface area (Å²) in [4.78, 5) is 30.5. The van der Waals surface area contributed by atoms with Gasteiger partial charge in [0.05, 0.1) is 6.04 Å². The molecule has 1 unspecified atom stereocenters. The monoisotopic (exact) mass is 427 g/mol. The SMILES string of the molecule is Cc1ccc2[nH]c3c(c2c1)CCN(C(=O)CCCCNC(=O)OC(C)(C)C)C3C(C)C. The number of aryl methyl sites for hydroxylation is 1. The second-order valence-corrected chi connectivity index (χ2v) is 9.98. The van der Waals surface area contributed by atoms with Crippen LogP contribution < -0.4 is 5.32 Å². The van der Waals surface area contributed by atoms with Gasteiger partial charge in [0.1, 0.15) is 5.60 Å². The summed E-state index contributed by atoms with van der Waals surface area (Å²) in [5.41, 5.74) is 4.47. The zero-order valence-corrected chi connectivity index (χ0v) is 19.8. The van der Waals surface area contributed by atoms with E-state index in [0.717, 1.165) is 31.3 Å². The Hall–Kier alpha value is -2.50. The molecule has 1 aromatic heterocycles. The summed E-state index contributed by atoms with van der Waals surface area (Å²) in [6.07, 6.45) is 2.47. The van der Waals surface area contributed by atoms with Crippen molar-refractivity contribution in [2.24, 2.45) is 5.92 Å². The zero-order valence-electron chi connectivity index (χ0n) is 19.8. The second kappa shape index (κ2) is 9.33. The molecule has 1 atom stereocenters. The molecule has 2 heterocycles. The normalized spacial score (nSPS) is 16.5. The summed E-state index contributed by atoms with van der Waals surface area (Å²) in [5.74, 6) is 0.516. The minimum Gasteiger partial charge on any atom is -0.444 e. The highest BCUT2D eigenvalue weighted by Crippen LogP contribution is 2.39. The van der Waals surface area contributed by atoms with Crippen LogP contribution in [-0.4, -0.2) is 40.6 Å². The number of rotatable bonds is 6. The lowest BCUT2D eigenvalue weighted by Crippen LogP contribution is -2.42. The van der Waals surface area contributed by atoms with Gasteiger partial charge in [-0.3, -0.25) is 4.79 Å². The van der Waals surface area contributed by atoms with Crippen molar-refractivity contribution >= 4 is 22.9 Å². The fraction of sp³-hybridized carbons (Fsp3) is 0.600. The van der Waals surface area contributed by atoms with Crippen LogP contribution in [0.3, 0.4) is 0 Å². The molecule has 2 N–H and O–H groups in total. The minimum absolute atomic E-state index is 0.0730. The molecule has 0 saturated carbocycles. The van der Waals surface area contributed by atoms with Gasteiger partial charge in [0.15, 0.2) is 0 Å². The average Bonchev–Trinajstić information content (AvgIpc) is 3.02. The van der Waals surface area contributed by atoms with E-state index < -0.39 is 11.7 Å². The molecule has 3 rings (SSSR count). The molecule has 6 heteroatoms. The van der Waals surface area contributed by atoms with Gasteiger partial charge in [-0.25, -0.2) is 4.79 Å². The number of hydrogen-bond donors (Lipinski definition) is 2. The number of fused-ring (bicyclic) bond motifs is 3. The number of unbranched alkanes of at least 4 members (excludes halogenated alkanes) is 1. The van der Waals surface area contributed by atoms with E-state index in [1.807, 2.05) is 20.8 Å². The van der Waals surface area contributed by atoms with E-state index in [1.54, 1.807) is 0 Å². The number of carbonyl (C=O) groups excluding carboxylic acids is 2. The molecule has 2 amide bonds. The van der Waals surface area contributed by atoms with E-state index in [0.29, 0.717) is 18.9 Å². The van der Waals surface area contributed by atoms with Gasteiger partial charge < -0.3 is 19.9 Å². The Morgan fingerprint density at radius 2 is 2.00 bits per heavy atom. The number of amides is 2. The number of ether oxygens (including phenoxy) is 1. The van der Waals surface area contributed by atoms with Gasteiger partial charge in [-0.05, 0) is 70.6 Å². The van der Waals surface area contributed by atoms with E-state index in [1.165, 1.54) is 22.2 Å². The fourth-order valence-electron chi connectivity index (χ4n) is 4.45. The first-order valence-corrected chi connectivity index (χ1v) is 11.4. The van der Waals surface area contributed by atoms with Gasteiger partial charge >= 0.3 is 6.09 Å². The molecular formula is C25H37N3O3. The van der Waals surface area contributed by atoms with E-state index in [-0.39, 0.29) is 11.9 Å². The van der Waals surface area contributed by atoms with E-state index in [9.17, 15) is 9.59 Å². The molecule has 6 nitrogen and oxygen atoms in total. The molecule has 1 aliphatic rings. The number of H-pyrrole nitrogens is 1. The van der Waals surface area contributed by atoms with Crippen molar-refractivity contribution in [1.29, 1.82) is 0 Å². The third-order valence-electron chi connectivity index (χ3n) is 5.77. The number of nitrogens with zero attached hydrogens (tertiary/aromatic N) is 1. The molecule has 2 aromatic rings. The van der Waals surface area contributed by atoms with Crippen LogP contribution >= 0.6 is 0 Å². The highest BCUT2D eigenvalue weighted by molar-refractivity contribution is 5.87. The maximum Gasteiger partial charge on any atom is 0.407 e. The molecule has 0 saturated heterocycles. The molecule has 0 radical (unpaired) electrons. The van der Waals surface area contributed by atoms with E-state index in [2.05, 4.69) is 54.2 Å². The largest absolute Gasteiger partial charge is 0.444 e. The standard InChI is InChI=1S/C25H37N3O3/c1-16(2)23-22-18(19-15-17(3)10-11-20(19)27-22)12-14-28(23)21(29)9-7-8-13-26-24(30)31-25(4,5)6/h10-11,15-16,23,27H,7-9,12-14H2,1-6H3,(H,26,30). The Balaban J connectivity index is 1.59. The van der Waals surface area contributed by atoms with Gasteiger partial charge in [-0.2, -0.15) is 0 Å². The summed E-state index contributed by atoms with van der Waals surface area (Å²) >= 11 is 0. The van der Waals surface area contributed by atoms with E-state index >= 15 is 0 Å². The second-order valence-electron chi connectivity index (χ2n) is 9.98. The molecule has 31 heavy (non-hydrogen) atoms. The lowest BCUT2D eigenvalue weighted by molar-refractivity contribution is -0.135. The van der Waals surface area contributed by atoms with Crippen LogP contribution in [0.5, 0.6) is 0 Å². The first kappa shape index (κ1) is 23.2. The van der Waals surface area contributed by atoms with Crippen molar-refractivity contribution in [2.45, 2.75) is 78.9 Å². The topological polar surface area (TPSA) is 74.4 Å². The maximum atomic E-state index is 13.1. The summed E-state index contributed by atoms with van der Waals surface area (Å²) in [7, 11) is 0. The first-order valence-electron chi connectivity index (χ1n) is 11.4. The van der Waals surface area contributed by atoms with Gasteiger partial charge in [0, 0.05) is 36.1 Å². The molecule has 0 aliphatic carbocycles. The number of alkyl carbamates (subject to hydrolysis) is 1. The highest BCUT2D eigenvalue weighted by Gasteiger charge is 2.34. The summed E-state index contributed by atoms with van der Waals surface area (Å²) in [6, 6.07) is 6.59. The lowest BCUT2D eigenvalue weighted by atomic mass is 9.89. The van der Waals surface area contributed by atoms with Crippen molar-refractivity contribution in [2.75, 3.05) is 13.1 Å². The van der Waals surface area contributed by atoms with Crippen LogP contribution in [0.15, 0.2) is 18.2 Å². The summed E-state index contributed by atoms with van der Waals surface area (Å²) < 4.78 is 5.24. The number of hydrogen-bond acceptors (Lipinski definition) is 3. The van der Waals surface area contributed by atoms with Gasteiger partial charge in [-0.15, -0.1) is 0 Å². The molecule has 0 spiro atoms. The van der Waals surface area contributed by atoms with Gasteiger partial charge in [-0.1, -0.05) is 25.5 Å². The van der Waals surface area contributed by atoms with Gasteiger partial charge in [0.2, 0.25) is 5.91 Å². The van der Waals surface area contributed by atoms with Crippen LogP contribution in [0.2, 0.25) is 0 Å². The quantitative estimate of drug-likeness (QED) is 0.618. The predicted octanol–water partition coefficient (Wildman–Crippen LogP) is 5.25. The van der Waals surface area contributed by atoms with Crippen LogP contribution in [-0.2, 0) is 16.0 Å². The van der Waals surface area contributed by atoms with Crippen LogP contribution in [0.25, 0.3) is 10.9 Å². The molecule has 0 fully saturated rings. The molecule has 170 valence electrons. The third kappa shape index (κ3) is 5.60. The Morgan fingerprint density at radius 1 is 1.26 bits per heavy atom. The smallest absolute Gasteiger partial charge is 0.407 e. The fourth-order valence-corrected chi connectivity index (χ4v) is 4.45. The van der Waals surface area contributed by atoms with E-state index in [4.69, 9.17) is 4.74 Å². The summed E-state index contributed by atoms with van der Waals surface area (Å²) in [6.45, 7) is 13.3. The van der Waals surface area contributed by atoms with Crippen LogP contribution in [0.1, 0.15) is 76.7 Å². The Labute approximate surface area is 185 Å². The van der Waals surface area contributed by atoms with Gasteiger partial charge in [0.25, 0.3) is 0 Å². The molecular weight excluding hydrogens is 390 g/mol. The van der Waals surface area contributed by atoms with Crippen molar-refractivity contribution in [3.8, 4) is 0 Å². The van der Waals surface area contributed by atoms with Crippen LogP contribution in [0, 0.1) is 12.8 Å². The predicted molar refractivity (Wildman–Crippen MR) is 124 cm³/mol. The first-order chi connectivity index (χ1) is 14.6. The third-order valence-corrected chi connectivity index (χ3v) is 5.77. The van der Waals surface area contributed by atoms with Crippen LogP contribution in [0.4, 0.5) is 4.79 Å². The Morgan fingerprint density at radius 3 is 2.68 bits per heavy atom. The molecule has 1 aliphatic heterocycles. The molecule has 0 bridgehead atoms. The number of carbonyl (C=O) groups is 2. The maximum absolute atomic E-state index is 13.1. The Kier molecular flexibility index (Phi) is 6.97. The lowest BCUT2D eigenvalue weighted by Gasteiger charge is -2.38. The minimum atomic E-state index is -0.500. The number of nitrogens with one attached hydrogen (secondary N) is 2. The average molecular weight is 428 g/mol. The Bertz CT molecular complexity index is 939. The number of aromatic nitrogens is 1. The van der Waals surface area contributed by atoms with Crippen molar-refractivity contribution in [3.05, 3.63) is 35.0 Å². The summed E-state index contributed by atoms with van der Waals surface area (Å²) in [5, 5.41) is 4.05. The number of aromatic amines is 1. The molecule has 1 aromatic carbocycles. The van der Waals surface area contributed by atoms with Crippen molar-refractivity contribution in [3.63, 3.8) is 0 Å². The number of benzene rings is 1. The zero-order chi connectivity index (χ0) is 22.8. The highest BCUT2D eigenvalue weighted by atomic mass is 16.6.